The fraction of sp³-hybridized carbons (Fsp3) is 0.450. The van der Waals surface area contributed by atoms with Gasteiger partial charge in [0.25, 0.3) is 0 Å². The average Bonchev–Trinajstić information content (AvgIpc) is 2.91. The van der Waals surface area contributed by atoms with E-state index in [4.69, 9.17) is 4.74 Å². The topological polar surface area (TPSA) is 37.4 Å². The number of ether oxygens (including phenoxy) is 1. The highest BCUT2D eigenvalue weighted by molar-refractivity contribution is 5.45. The Labute approximate surface area is 143 Å². The van der Waals surface area contributed by atoms with Gasteiger partial charge in [0.15, 0.2) is 0 Å². The summed E-state index contributed by atoms with van der Waals surface area (Å²) in [6.45, 7) is 8.28. The minimum atomic E-state index is -0.0926. The molecule has 4 rings (SSSR count). The van der Waals surface area contributed by atoms with Crippen molar-refractivity contribution >= 4 is 0 Å². The number of piperazine rings is 1. The number of nitrogens with zero attached hydrogens (tertiary/aromatic N) is 2. The lowest BCUT2D eigenvalue weighted by molar-refractivity contribution is 0.128. The van der Waals surface area contributed by atoms with Crippen molar-refractivity contribution in [3.8, 4) is 5.75 Å². The number of aromatic nitrogens is 1. The number of para-hydroxylation sites is 1. The molecule has 126 valence electrons. The van der Waals surface area contributed by atoms with Crippen molar-refractivity contribution in [1.82, 2.24) is 15.2 Å². The lowest BCUT2D eigenvalue weighted by atomic mass is 9.99. The maximum Gasteiger partial charge on any atom is 0.127 e. The van der Waals surface area contributed by atoms with Crippen LogP contribution in [-0.4, -0.2) is 35.1 Å². The van der Waals surface area contributed by atoms with E-state index in [1.54, 1.807) is 0 Å². The smallest absolute Gasteiger partial charge is 0.127 e. The van der Waals surface area contributed by atoms with Crippen LogP contribution in [0.2, 0.25) is 0 Å². The summed E-state index contributed by atoms with van der Waals surface area (Å²) < 4.78 is 6.25. The molecule has 4 nitrogen and oxygen atoms in total. The van der Waals surface area contributed by atoms with Gasteiger partial charge in [-0.05, 0) is 31.0 Å². The molecule has 24 heavy (non-hydrogen) atoms. The minimum absolute atomic E-state index is 0.0926. The summed E-state index contributed by atoms with van der Waals surface area (Å²) in [7, 11) is 0. The first-order chi connectivity index (χ1) is 11.6. The maximum atomic E-state index is 6.25. The molecule has 1 N–H and O–H groups in total. The average molecular weight is 323 g/mol. The van der Waals surface area contributed by atoms with Gasteiger partial charge in [-0.3, -0.25) is 9.88 Å². The van der Waals surface area contributed by atoms with Gasteiger partial charge in [0.05, 0.1) is 0 Å². The van der Waals surface area contributed by atoms with E-state index in [-0.39, 0.29) is 5.60 Å². The Hall–Kier alpha value is -1.91. The molecule has 1 saturated heterocycles. The summed E-state index contributed by atoms with van der Waals surface area (Å²) >= 11 is 0. The van der Waals surface area contributed by atoms with Gasteiger partial charge >= 0.3 is 0 Å². The lowest BCUT2D eigenvalue weighted by Crippen LogP contribution is -2.45. The second-order valence-corrected chi connectivity index (χ2v) is 7.42. The molecule has 1 atom stereocenters. The molecule has 0 aliphatic carbocycles. The first-order valence-electron chi connectivity index (χ1n) is 8.77. The van der Waals surface area contributed by atoms with Gasteiger partial charge in [0.2, 0.25) is 0 Å². The zero-order chi connectivity index (χ0) is 16.6. The highest BCUT2D eigenvalue weighted by atomic mass is 16.5. The van der Waals surface area contributed by atoms with E-state index >= 15 is 0 Å². The summed E-state index contributed by atoms with van der Waals surface area (Å²) in [6.07, 6.45) is 4.81. The minimum Gasteiger partial charge on any atom is -0.487 e. The summed E-state index contributed by atoms with van der Waals surface area (Å²) in [4.78, 5) is 6.84. The van der Waals surface area contributed by atoms with Crippen molar-refractivity contribution in [2.45, 2.75) is 38.5 Å². The van der Waals surface area contributed by atoms with Gasteiger partial charge in [-0.15, -0.1) is 0 Å². The van der Waals surface area contributed by atoms with Crippen LogP contribution < -0.4 is 10.1 Å². The molecule has 1 unspecified atom stereocenters. The van der Waals surface area contributed by atoms with Gasteiger partial charge in [-0.2, -0.15) is 0 Å². The number of benzene rings is 1. The first-order valence-corrected chi connectivity index (χ1v) is 8.77. The van der Waals surface area contributed by atoms with E-state index in [1.807, 2.05) is 18.5 Å². The second kappa shape index (κ2) is 6.19. The van der Waals surface area contributed by atoms with E-state index in [2.05, 4.69) is 53.3 Å². The van der Waals surface area contributed by atoms with Crippen LogP contribution in [0.1, 0.15) is 36.6 Å². The third kappa shape index (κ3) is 3.04. The van der Waals surface area contributed by atoms with Crippen molar-refractivity contribution in [2.24, 2.45) is 0 Å². The Morgan fingerprint density at radius 1 is 1.29 bits per heavy atom. The van der Waals surface area contributed by atoms with Gasteiger partial charge in [0.1, 0.15) is 11.4 Å². The van der Waals surface area contributed by atoms with Gasteiger partial charge < -0.3 is 10.1 Å². The highest BCUT2D eigenvalue weighted by Gasteiger charge is 2.33. The Kier molecular flexibility index (Phi) is 4.02. The number of pyridine rings is 1. The number of fused-ring (bicyclic) bond motifs is 1. The standard InChI is InChI=1S/C20H25N3O/c1-20(2)11-15-5-3-6-17(19(15)24-20)14-23-10-9-22-13-18(23)16-7-4-8-21-12-16/h3-8,12,18,22H,9-11,13-14H2,1-2H3. The second-order valence-electron chi connectivity index (χ2n) is 7.42. The predicted molar refractivity (Wildman–Crippen MR) is 95.1 cm³/mol. The zero-order valence-corrected chi connectivity index (χ0v) is 14.5. The van der Waals surface area contributed by atoms with Crippen molar-refractivity contribution in [3.05, 3.63) is 59.4 Å². The van der Waals surface area contributed by atoms with E-state index in [1.165, 1.54) is 16.7 Å². The summed E-state index contributed by atoms with van der Waals surface area (Å²) in [6, 6.07) is 11.1. The van der Waals surface area contributed by atoms with Crippen LogP contribution >= 0.6 is 0 Å². The molecule has 0 radical (unpaired) electrons. The summed E-state index contributed by atoms with van der Waals surface area (Å²) in [5.74, 6) is 1.10. The molecule has 0 spiro atoms. The van der Waals surface area contributed by atoms with Crippen LogP contribution in [0.3, 0.4) is 0 Å². The number of hydrogen-bond acceptors (Lipinski definition) is 4. The molecular weight excluding hydrogens is 298 g/mol. The number of nitrogens with one attached hydrogen (secondary N) is 1. The molecule has 1 aromatic heterocycles. The quantitative estimate of drug-likeness (QED) is 0.942. The van der Waals surface area contributed by atoms with Crippen LogP contribution in [0.5, 0.6) is 5.75 Å². The van der Waals surface area contributed by atoms with E-state index in [0.29, 0.717) is 6.04 Å². The van der Waals surface area contributed by atoms with E-state index in [0.717, 1.165) is 38.3 Å². The predicted octanol–water partition coefficient (Wildman–Crippen LogP) is 2.94. The molecule has 3 heterocycles. The van der Waals surface area contributed by atoms with Crippen LogP contribution in [0.25, 0.3) is 0 Å². The van der Waals surface area contributed by atoms with E-state index in [9.17, 15) is 0 Å². The molecule has 1 aromatic carbocycles. The molecule has 2 aliphatic heterocycles. The summed E-state index contributed by atoms with van der Waals surface area (Å²) in [5.41, 5.74) is 3.82. The Balaban J connectivity index is 1.60. The molecule has 0 amide bonds. The SMILES string of the molecule is CC1(C)Cc2cccc(CN3CCNCC3c3cccnc3)c2O1. The van der Waals surface area contributed by atoms with Crippen LogP contribution in [0.4, 0.5) is 0 Å². The van der Waals surface area contributed by atoms with Gasteiger partial charge in [-0.25, -0.2) is 0 Å². The molecular formula is C20H25N3O. The van der Waals surface area contributed by atoms with Gasteiger partial charge in [-0.1, -0.05) is 24.3 Å². The van der Waals surface area contributed by atoms with Crippen molar-refractivity contribution in [1.29, 1.82) is 0 Å². The van der Waals surface area contributed by atoms with Crippen LogP contribution in [0.15, 0.2) is 42.7 Å². The summed E-state index contributed by atoms with van der Waals surface area (Å²) in [5, 5.41) is 3.51. The molecule has 2 aliphatic rings. The van der Waals surface area contributed by atoms with Crippen molar-refractivity contribution < 1.29 is 4.74 Å². The van der Waals surface area contributed by atoms with Crippen LogP contribution in [0, 0.1) is 0 Å². The number of rotatable bonds is 3. The first kappa shape index (κ1) is 15.6. The fourth-order valence-corrected chi connectivity index (χ4v) is 3.86. The zero-order valence-electron chi connectivity index (χ0n) is 14.5. The Morgan fingerprint density at radius 3 is 3.04 bits per heavy atom. The number of hydrogen-bond donors (Lipinski definition) is 1. The third-order valence-electron chi connectivity index (χ3n) is 4.97. The molecule has 2 aromatic rings. The normalized spacial score (nSPS) is 22.8. The largest absolute Gasteiger partial charge is 0.487 e. The molecule has 0 bridgehead atoms. The Bertz CT molecular complexity index is 714. The molecule has 0 saturated carbocycles. The van der Waals surface area contributed by atoms with Crippen molar-refractivity contribution in [2.75, 3.05) is 19.6 Å². The molecule has 1 fully saturated rings. The maximum absolute atomic E-state index is 6.25. The van der Waals surface area contributed by atoms with Gasteiger partial charge in [0, 0.05) is 56.6 Å². The highest BCUT2D eigenvalue weighted by Crippen LogP contribution is 2.38. The fourth-order valence-electron chi connectivity index (χ4n) is 3.86. The lowest BCUT2D eigenvalue weighted by Gasteiger charge is -2.36. The van der Waals surface area contributed by atoms with Crippen LogP contribution in [-0.2, 0) is 13.0 Å². The monoisotopic (exact) mass is 323 g/mol. The Morgan fingerprint density at radius 2 is 2.21 bits per heavy atom. The van der Waals surface area contributed by atoms with Crippen molar-refractivity contribution in [3.63, 3.8) is 0 Å². The van der Waals surface area contributed by atoms with E-state index < -0.39 is 0 Å². The third-order valence-corrected chi connectivity index (χ3v) is 4.97. The molecule has 4 heteroatoms.